The SMILES string of the molecule is C[C@@H](C(=O)Nc1ccc(N2CCCCC2)cc1)n1cnc2ccccc21. The van der Waals surface area contributed by atoms with Crippen molar-refractivity contribution >= 4 is 28.3 Å². The van der Waals surface area contributed by atoms with Crippen LogP contribution in [0.25, 0.3) is 11.0 Å². The van der Waals surface area contributed by atoms with Crippen LogP contribution in [0.4, 0.5) is 11.4 Å². The molecule has 1 atom stereocenters. The lowest BCUT2D eigenvalue weighted by atomic mass is 10.1. The van der Waals surface area contributed by atoms with Gasteiger partial charge in [0, 0.05) is 24.5 Å². The highest BCUT2D eigenvalue weighted by atomic mass is 16.2. The van der Waals surface area contributed by atoms with Gasteiger partial charge in [0.05, 0.1) is 17.4 Å². The maximum absolute atomic E-state index is 12.7. The number of benzene rings is 2. The molecule has 1 N–H and O–H groups in total. The minimum atomic E-state index is -0.329. The van der Waals surface area contributed by atoms with Gasteiger partial charge in [-0.05, 0) is 62.6 Å². The van der Waals surface area contributed by atoms with Gasteiger partial charge in [-0.2, -0.15) is 0 Å². The summed E-state index contributed by atoms with van der Waals surface area (Å²) in [6.45, 7) is 4.14. The van der Waals surface area contributed by atoms with Crippen molar-refractivity contribution in [2.24, 2.45) is 0 Å². The first-order chi connectivity index (χ1) is 12.7. The van der Waals surface area contributed by atoms with Gasteiger partial charge in [-0.3, -0.25) is 4.79 Å². The van der Waals surface area contributed by atoms with Crippen LogP contribution in [-0.2, 0) is 4.79 Å². The molecule has 1 saturated heterocycles. The molecule has 2 heterocycles. The number of hydrogen-bond acceptors (Lipinski definition) is 3. The van der Waals surface area contributed by atoms with E-state index in [9.17, 15) is 4.79 Å². The van der Waals surface area contributed by atoms with Crippen molar-refractivity contribution in [2.45, 2.75) is 32.2 Å². The molecule has 5 heteroatoms. The lowest BCUT2D eigenvalue weighted by Gasteiger charge is -2.28. The second-order valence-corrected chi connectivity index (χ2v) is 6.90. The third-order valence-electron chi connectivity index (χ3n) is 5.13. The van der Waals surface area contributed by atoms with Crippen LogP contribution in [0.15, 0.2) is 54.9 Å². The smallest absolute Gasteiger partial charge is 0.247 e. The fourth-order valence-corrected chi connectivity index (χ4v) is 3.57. The topological polar surface area (TPSA) is 50.2 Å². The minimum Gasteiger partial charge on any atom is -0.372 e. The van der Waals surface area contributed by atoms with Gasteiger partial charge < -0.3 is 14.8 Å². The van der Waals surface area contributed by atoms with E-state index in [4.69, 9.17) is 0 Å². The average molecular weight is 348 g/mol. The van der Waals surface area contributed by atoms with E-state index in [1.165, 1.54) is 24.9 Å². The number of carbonyl (C=O) groups excluding carboxylic acids is 1. The predicted octanol–water partition coefficient (Wildman–Crippen LogP) is 4.23. The fraction of sp³-hybridized carbons (Fsp3) is 0.333. The molecule has 4 rings (SSSR count). The minimum absolute atomic E-state index is 0.0427. The van der Waals surface area contributed by atoms with Crippen LogP contribution < -0.4 is 10.2 Å². The van der Waals surface area contributed by atoms with Crippen LogP contribution in [0.1, 0.15) is 32.2 Å². The summed E-state index contributed by atoms with van der Waals surface area (Å²) < 4.78 is 1.91. The van der Waals surface area contributed by atoms with E-state index >= 15 is 0 Å². The maximum Gasteiger partial charge on any atom is 0.247 e. The number of imidazole rings is 1. The van der Waals surface area contributed by atoms with Crippen molar-refractivity contribution < 1.29 is 4.79 Å². The fourth-order valence-electron chi connectivity index (χ4n) is 3.57. The normalized spacial score (nSPS) is 15.8. The highest BCUT2D eigenvalue weighted by molar-refractivity contribution is 5.94. The molecule has 1 fully saturated rings. The van der Waals surface area contributed by atoms with Crippen LogP contribution in [0, 0.1) is 0 Å². The molecule has 1 aromatic heterocycles. The van der Waals surface area contributed by atoms with E-state index in [2.05, 4.69) is 27.3 Å². The van der Waals surface area contributed by atoms with Gasteiger partial charge >= 0.3 is 0 Å². The molecular weight excluding hydrogens is 324 g/mol. The Kier molecular flexibility index (Phi) is 4.61. The molecule has 1 aliphatic heterocycles. The number of aromatic nitrogens is 2. The van der Waals surface area contributed by atoms with Crippen LogP contribution in [0.2, 0.25) is 0 Å². The summed E-state index contributed by atoms with van der Waals surface area (Å²) in [4.78, 5) is 19.5. The van der Waals surface area contributed by atoms with Gasteiger partial charge in [-0.1, -0.05) is 12.1 Å². The molecular formula is C21H24N4O. The van der Waals surface area contributed by atoms with Crippen molar-refractivity contribution in [3.8, 4) is 0 Å². The molecule has 5 nitrogen and oxygen atoms in total. The van der Waals surface area contributed by atoms with Crippen LogP contribution in [0.5, 0.6) is 0 Å². The van der Waals surface area contributed by atoms with Crippen molar-refractivity contribution in [2.75, 3.05) is 23.3 Å². The van der Waals surface area contributed by atoms with Gasteiger partial charge in [0.15, 0.2) is 0 Å². The van der Waals surface area contributed by atoms with Gasteiger partial charge in [0.2, 0.25) is 5.91 Å². The quantitative estimate of drug-likeness (QED) is 0.768. The summed E-state index contributed by atoms with van der Waals surface area (Å²) in [7, 11) is 0. The summed E-state index contributed by atoms with van der Waals surface area (Å²) in [6.07, 6.45) is 5.57. The Balaban J connectivity index is 1.45. The number of amides is 1. The average Bonchev–Trinajstić information content (AvgIpc) is 3.13. The number of carbonyl (C=O) groups is 1. The summed E-state index contributed by atoms with van der Waals surface area (Å²) in [6, 6.07) is 15.7. The standard InChI is InChI=1S/C21H24N4O/c1-16(25-15-22-19-7-3-4-8-20(19)25)21(26)23-17-9-11-18(12-10-17)24-13-5-2-6-14-24/h3-4,7-12,15-16H,2,5-6,13-14H2,1H3,(H,23,26)/t16-/m0/s1. The lowest BCUT2D eigenvalue weighted by molar-refractivity contribution is -0.118. The lowest BCUT2D eigenvalue weighted by Crippen LogP contribution is -2.29. The second-order valence-electron chi connectivity index (χ2n) is 6.90. The monoisotopic (exact) mass is 348 g/mol. The summed E-state index contributed by atoms with van der Waals surface area (Å²) in [5.74, 6) is -0.0427. The molecule has 26 heavy (non-hydrogen) atoms. The number of hydrogen-bond donors (Lipinski definition) is 1. The number of nitrogens with zero attached hydrogens (tertiary/aromatic N) is 3. The summed E-state index contributed by atoms with van der Waals surface area (Å²) in [5, 5.41) is 3.02. The number of piperidine rings is 1. The molecule has 134 valence electrons. The van der Waals surface area contributed by atoms with Crippen LogP contribution in [-0.4, -0.2) is 28.5 Å². The third kappa shape index (κ3) is 3.29. The highest BCUT2D eigenvalue weighted by Gasteiger charge is 2.17. The summed E-state index contributed by atoms with van der Waals surface area (Å²) in [5.41, 5.74) is 3.93. The second kappa shape index (κ2) is 7.20. The number of nitrogens with one attached hydrogen (secondary N) is 1. The molecule has 0 unspecified atom stereocenters. The Morgan fingerprint density at radius 1 is 1.04 bits per heavy atom. The largest absolute Gasteiger partial charge is 0.372 e. The Morgan fingerprint density at radius 2 is 1.77 bits per heavy atom. The number of para-hydroxylation sites is 2. The molecule has 2 aromatic carbocycles. The first-order valence-corrected chi connectivity index (χ1v) is 9.30. The Hall–Kier alpha value is -2.82. The number of rotatable bonds is 4. The zero-order chi connectivity index (χ0) is 17.9. The molecule has 3 aromatic rings. The van der Waals surface area contributed by atoms with E-state index in [1.54, 1.807) is 6.33 Å². The Bertz CT molecular complexity index is 894. The van der Waals surface area contributed by atoms with E-state index in [0.717, 1.165) is 29.8 Å². The van der Waals surface area contributed by atoms with Gasteiger partial charge in [0.1, 0.15) is 6.04 Å². The van der Waals surface area contributed by atoms with Crippen molar-refractivity contribution in [1.82, 2.24) is 9.55 Å². The first-order valence-electron chi connectivity index (χ1n) is 9.30. The van der Waals surface area contributed by atoms with Gasteiger partial charge in [-0.15, -0.1) is 0 Å². The molecule has 0 aliphatic carbocycles. The predicted molar refractivity (Wildman–Crippen MR) is 106 cm³/mol. The van der Waals surface area contributed by atoms with Crippen molar-refractivity contribution in [1.29, 1.82) is 0 Å². The maximum atomic E-state index is 12.7. The Morgan fingerprint density at radius 3 is 2.54 bits per heavy atom. The summed E-state index contributed by atoms with van der Waals surface area (Å²) >= 11 is 0. The number of fused-ring (bicyclic) bond motifs is 1. The molecule has 1 amide bonds. The van der Waals surface area contributed by atoms with Crippen molar-refractivity contribution in [3.63, 3.8) is 0 Å². The van der Waals surface area contributed by atoms with Crippen LogP contribution in [0.3, 0.4) is 0 Å². The van der Waals surface area contributed by atoms with E-state index in [0.29, 0.717) is 0 Å². The zero-order valence-electron chi connectivity index (χ0n) is 15.1. The molecule has 1 aliphatic rings. The molecule has 0 radical (unpaired) electrons. The van der Waals surface area contributed by atoms with E-state index in [-0.39, 0.29) is 11.9 Å². The van der Waals surface area contributed by atoms with Gasteiger partial charge in [-0.25, -0.2) is 4.98 Å². The van der Waals surface area contributed by atoms with Crippen molar-refractivity contribution in [3.05, 3.63) is 54.9 Å². The molecule has 0 saturated carbocycles. The zero-order valence-corrected chi connectivity index (χ0v) is 15.1. The Labute approximate surface area is 153 Å². The van der Waals surface area contributed by atoms with E-state index in [1.807, 2.05) is 47.9 Å². The van der Waals surface area contributed by atoms with E-state index < -0.39 is 0 Å². The molecule has 0 spiro atoms. The number of anilines is 2. The first kappa shape index (κ1) is 16.6. The third-order valence-corrected chi connectivity index (χ3v) is 5.13. The van der Waals surface area contributed by atoms with Gasteiger partial charge in [0.25, 0.3) is 0 Å². The molecule has 0 bridgehead atoms. The highest BCUT2D eigenvalue weighted by Crippen LogP contribution is 2.23. The van der Waals surface area contributed by atoms with Crippen LogP contribution >= 0.6 is 0 Å².